The number of hydrogen-bond acceptors (Lipinski definition) is 4. The van der Waals surface area contributed by atoms with Crippen LogP contribution < -0.4 is 25.4 Å². The molecule has 160 valence electrons. The average molecular weight is 512 g/mol. The standard InChI is InChI=1S/C22H32N4O2.HI/c1-16(2)19(26-18-9-7-6-8-10-18)15-25-22(23-3)24-14-17-11-12-20(27-4)21(13-17)28-5;/h6-13,16,19,26H,14-15H2,1-5H3,(H2,23,24,25);1H. The highest BCUT2D eigenvalue weighted by atomic mass is 127. The molecule has 2 rings (SSSR count). The van der Waals surface area contributed by atoms with Gasteiger partial charge in [0.1, 0.15) is 0 Å². The summed E-state index contributed by atoms with van der Waals surface area (Å²) in [5.41, 5.74) is 2.21. The molecule has 7 heteroatoms. The Hall–Kier alpha value is -2.16. The third-order valence-corrected chi connectivity index (χ3v) is 4.55. The van der Waals surface area contributed by atoms with E-state index in [2.05, 4.69) is 46.9 Å². The van der Waals surface area contributed by atoms with Crippen LogP contribution in [0.5, 0.6) is 11.5 Å². The fourth-order valence-corrected chi connectivity index (χ4v) is 2.81. The molecule has 0 aromatic heterocycles. The summed E-state index contributed by atoms with van der Waals surface area (Å²) in [5, 5.41) is 10.3. The molecule has 2 aromatic carbocycles. The van der Waals surface area contributed by atoms with E-state index in [1.165, 1.54) is 0 Å². The summed E-state index contributed by atoms with van der Waals surface area (Å²) in [6, 6.07) is 16.4. The molecule has 0 aliphatic carbocycles. The number of rotatable bonds is 9. The summed E-state index contributed by atoms with van der Waals surface area (Å²) in [5.74, 6) is 2.67. The van der Waals surface area contributed by atoms with Crippen molar-refractivity contribution in [3.8, 4) is 11.5 Å². The van der Waals surface area contributed by atoms with Crippen molar-refractivity contribution < 1.29 is 9.47 Å². The lowest BCUT2D eigenvalue weighted by Crippen LogP contribution is -2.44. The van der Waals surface area contributed by atoms with Gasteiger partial charge >= 0.3 is 0 Å². The molecule has 2 aromatic rings. The molecule has 0 spiro atoms. The second-order valence-corrected chi connectivity index (χ2v) is 6.86. The van der Waals surface area contributed by atoms with Gasteiger partial charge in [0.05, 0.1) is 14.2 Å². The van der Waals surface area contributed by atoms with Gasteiger partial charge in [-0.25, -0.2) is 0 Å². The molecule has 0 bridgehead atoms. The van der Waals surface area contributed by atoms with Gasteiger partial charge in [0.2, 0.25) is 0 Å². The van der Waals surface area contributed by atoms with Gasteiger partial charge in [-0.05, 0) is 35.7 Å². The Labute approximate surface area is 191 Å². The normalized spacial score (nSPS) is 12.0. The van der Waals surface area contributed by atoms with E-state index in [4.69, 9.17) is 9.47 Å². The summed E-state index contributed by atoms with van der Waals surface area (Å²) >= 11 is 0. The molecule has 1 unspecified atom stereocenters. The number of benzene rings is 2. The number of aliphatic imine (C=N–C) groups is 1. The smallest absolute Gasteiger partial charge is 0.191 e. The van der Waals surface area contributed by atoms with Crippen LogP contribution in [0.25, 0.3) is 0 Å². The van der Waals surface area contributed by atoms with E-state index in [1.54, 1.807) is 21.3 Å². The maximum absolute atomic E-state index is 5.37. The highest BCUT2D eigenvalue weighted by Gasteiger charge is 2.14. The van der Waals surface area contributed by atoms with Crippen molar-refractivity contribution >= 4 is 35.6 Å². The van der Waals surface area contributed by atoms with E-state index in [0.29, 0.717) is 12.5 Å². The molecular formula is C22H33IN4O2. The van der Waals surface area contributed by atoms with Crippen LogP contribution in [0.2, 0.25) is 0 Å². The molecule has 0 saturated heterocycles. The van der Waals surface area contributed by atoms with Crippen LogP contribution in [0.1, 0.15) is 19.4 Å². The van der Waals surface area contributed by atoms with Crippen molar-refractivity contribution in [3.63, 3.8) is 0 Å². The van der Waals surface area contributed by atoms with Crippen molar-refractivity contribution in [3.05, 3.63) is 54.1 Å². The molecule has 0 fully saturated rings. The Morgan fingerprint density at radius 2 is 1.66 bits per heavy atom. The summed E-state index contributed by atoms with van der Waals surface area (Å²) in [7, 11) is 5.05. The number of para-hydroxylation sites is 1. The number of hydrogen-bond donors (Lipinski definition) is 3. The fraction of sp³-hybridized carbons (Fsp3) is 0.409. The van der Waals surface area contributed by atoms with Gasteiger partial charge in [0.25, 0.3) is 0 Å². The van der Waals surface area contributed by atoms with Gasteiger partial charge in [-0.2, -0.15) is 0 Å². The third kappa shape index (κ3) is 8.00. The zero-order chi connectivity index (χ0) is 20.4. The highest BCUT2D eigenvalue weighted by molar-refractivity contribution is 14.0. The van der Waals surface area contributed by atoms with E-state index >= 15 is 0 Å². The molecule has 29 heavy (non-hydrogen) atoms. The van der Waals surface area contributed by atoms with Gasteiger partial charge < -0.3 is 25.4 Å². The van der Waals surface area contributed by atoms with Crippen LogP contribution in [0.15, 0.2) is 53.5 Å². The minimum absolute atomic E-state index is 0. The van der Waals surface area contributed by atoms with Crippen LogP contribution in [0.3, 0.4) is 0 Å². The van der Waals surface area contributed by atoms with E-state index in [0.717, 1.165) is 35.3 Å². The average Bonchev–Trinajstić information content (AvgIpc) is 2.73. The first-order chi connectivity index (χ1) is 13.6. The molecule has 0 heterocycles. The van der Waals surface area contributed by atoms with Gasteiger partial charge in [-0.1, -0.05) is 38.1 Å². The molecule has 0 aliphatic rings. The predicted octanol–water partition coefficient (Wildman–Crippen LogP) is 4.12. The number of halogens is 1. The lowest BCUT2D eigenvalue weighted by Gasteiger charge is -2.25. The lowest BCUT2D eigenvalue weighted by atomic mass is 10.0. The summed E-state index contributed by atoms with van der Waals surface area (Å²) in [4.78, 5) is 4.33. The predicted molar refractivity (Wildman–Crippen MR) is 132 cm³/mol. The van der Waals surface area contributed by atoms with Crippen LogP contribution in [0.4, 0.5) is 5.69 Å². The third-order valence-electron chi connectivity index (χ3n) is 4.55. The molecule has 0 saturated carbocycles. The maximum atomic E-state index is 5.37. The van der Waals surface area contributed by atoms with Crippen LogP contribution in [-0.4, -0.2) is 39.8 Å². The van der Waals surface area contributed by atoms with Crippen molar-refractivity contribution in [1.29, 1.82) is 0 Å². The first-order valence-corrected chi connectivity index (χ1v) is 9.54. The van der Waals surface area contributed by atoms with Crippen molar-refractivity contribution in [2.45, 2.75) is 26.4 Å². The van der Waals surface area contributed by atoms with Crippen LogP contribution >= 0.6 is 24.0 Å². The van der Waals surface area contributed by atoms with E-state index in [1.807, 2.05) is 36.4 Å². The Bertz CT molecular complexity index is 754. The molecule has 0 amide bonds. The van der Waals surface area contributed by atoms with Crippen LogP contribution in [-0.2, 0) is 6.54 Å². The summed E-state index contributed by atoms with van der Waals surface area (Å²) in [6.45, 7) is 5.82. The van der Waals surface area contributed by atoms with Gasteiger partial charge in [-0.3, -0.25) is 4.99 Å². The first-order valence-electron chi connectivity index (χ1n) is 9.54. The number of ether oxygens (including phenoxy) is 2. The molecule has 6 nitrogen and oxygen atoms in total. The van der Waals surface area contributed by atoms with Crippen molar-refractivity contribution in [2.75, 3.05) is 33.1 Å². The molecule has 0 radical (unpaired) electrons. The largest absolute Gasteiger partial charge is 0.493 e. The second kappa shape index (κ2) is 13.1. The SMILES string of the molecule is CN=C(NCc1ccc(OC)c(OC)c1)NCC(Nc1ccccc1)C(C)C.I. The number of guanidine groups is 1. The Morgan fingerprint density at radius 3 is 2.24 bits per heavy atom. The van der Waals surface area contributed by atoms with Crippen molar-refractivity contribution in [2.24, 2.45) is 10.9 Å². The van der Waals surface area contributed by atoms with Gasteiger partial charge in [0.15, 0.2) is 17.5 Å². The number of nitrogens with one attached hydrogen (secondary N) is 3. The summed E-state index contributed by atoms with van der Waals surface area (Å²) in [6.07, 6.45) is 0. The van der Waals surface area contributed by atoms with E-state index in [-0.39, 0.29) is 30.0 Å². The van der Waals surface area contributed by atoms with E-state index in [9.17, 15) is 0 Å². The molecule has 3 N–H and O–H groups in total. The number of nitrogens with zero attached hydrogens (tertiary/aromatic N) is 1. The first kappa shape index (κ1) is 24.9. The summed E-state index contributed by atoms with van der Waals surface area (Å²) < 4.78 is 10.7. The zero-order valence-corrected chi connectivity index (χ0v) is 20.2. The van der Waals surface area contributed by atoms with Crippen molar-refractivity contribution in [1.82, 2.24) is 10.6 Å². The monoisotopic (exact) mass is 512 g/mol. The Morgan fingerprint density at radius 1 is 0.966 bits per heavy atom. The number of methoxy groups -OCH3 is 2. The lowest BCUT2D eigenvalue weighted by molar-refractivity contribution is 0.354. The maximum Gasteiger partial charge on any atom is 0.191 e. The highest BCUT2D eigenvalue weighted by Crippen LogP contribution is 2.27. The Balaban J connectivity index is 0.00000420. The van der Waals surface area contributed by atoms with Crippen LogP contribution in [0, 0.1) is 5.92 Å². The second-order valence-electron chi connectivity index (χ2n) is 6.86. The van der Waals surface area contributed by atoms with Gasteiger partial charge in [-0.15, -0.1) is 24.0 Å². The zero-order valence-electron chi connectivity index (χ0n) is 17.9. The molecular weight excluding hydrogens is 479 g/mol. The van der Waals surface area contributed by atoms with E-state index < -0.39 is 0 Å². The topological polar surface area (TPSA) is 66.9 Å². The Kier molecular flexibility index (Phi) is 11.3. The number of anilines is 1. The minimum Gasteiger partial charge on any atom is -0.493 e. The fourth-order valence-electron chi connectivity index (χ4n) is 2.81. The quantitative estimate of drug-likeness (QED) is 0.268. The van der Waals surface area contributed by atoms with Gasteiger partial charge in [0, 0.05) is 31.9 Å². The minimum atomic E-state index is 0. The molecule has 0 aliphatic heterocycles. The molecule has 1 atom stereocenters.